The second kappa shape index (κ2) is 7.83. The largest absolute Gasteiger partial charge is 0.373 e. The van der Waals surface area contributed by atoms with Crippen molar-refractivity contribution in [2.45, 2.75) is 32.5 Å². The molecular weight excluding hydrogens is 406 g/mol. The maximum absolute atomic E-state index is 13.0. The van der Waals surface area contributed by atoms with Gasteiger partial charge < -0.3 is 14.2 Å². The minimum atomic E-state index is -3.90. The summed E-state index contributed by atoms with van der Waals surface area (Å²) in [4.78, 5) is 11.6. The first-order chi connectivity index (χ1) is 9.79. The van der Waals surface area contributed by atoms with E-state index in [1.165, 1.54) is 6.92 Å². The predicted octanol–water partition coefficient (Wildman–Crippen LogP) is 3.68. The first kappa shape index (κ1) is 18.8. The molecule has 21 heavy (non-hydrogen) atoms. The van der Waals surface area contributed by atoms with Gasteiger partial charge in [0, 0.05) is 3.57 Å². The lowest BCUT2D eigenvalue weighted by Crippen LogP contribution is -2.30. The highest BCUT2D eigenvalue weighted by Crippen LogP contribution is 2.65. The topological polar surface area (TPSA) is 72.8 Å². The summed E-state index contributed by atoms with van der Waals surface area (Å²) in [7, 11) is -3.90. The molecule has 0 aromatic heterocycles. The molecule has 1 aromatic carbocycles. The van der Waals surface area contributed by atoms with Crippen LogP contribution >= 0.6 is 30.2 Å². The summed E-state index contributed by atoms with van der Waals surface area (Å²) in [5.74, 6) is -0.296. The molecule has 5 nitrogen and oxygen atoms in total. The Hall–Kier alpha value is -0.270. The number of carbonyl (C=O) groups is 1. The molecule has 118 valence electrons. The van der Waals surface area contributed by atoms with E-state index in [-0.39, 0.29) is 25.4 Å². The van der Waals surface area contributed by atoms with Crippen LogP contribution in [0.3, 0.4) is 0 Å². The zero-order chi connectivity index (χ0) is 16.1. The summed E-state index contributed by atoms with van der Waals surface area (Å²) >= 11 is 2.12. The smallest absolute Gasteiger partial charge is 0.366 e. The van der Waals surface area contributed by atoms with Gasteiger partial charge in [-0.3, -0.25) is 9.36 Å². The molecule has 1 N–H and O–H groups in total. The molecule has 1 aromatic rings. The third-order valence-corrected chi connectivity index (χ3v) is 6.09. The maximum Gasteiger partial charge on any atom is 0.366 e. The minimum Gasteiger partial charge on any atom is -0.373 e. The molecule has 0 radical (unpaired) electrons. The van der Waals surface area contributed by atoms with Crippen molar-refractivity contribution in [1.29, 1.82) is 0 Å². The quantitative estimate of drug-likeness (QED) is 0.507. The Kier molecular flexibility index (Phi) is 7.00. The van der Waals surface area contributed by atoms with E-state index in [1.54, 1.807) is 38.1 Å². The van der Waals surface area contributed by atoms with Gasteiger partial charge in [-0.25, -0.2) is 0 Å². The second-order valence-corrected chi connectivity index (χ2v) is 8.03. The lowest BCUT2D eigenvalue weighted by Gasteiger charge is -2.34. The van der Waals surface area contributed by atoms with Gasteiger partial charge in [-0.15, -0.1) is 0 Å². The minimum absolute atomic E-state index is 0.113. The molecule has 0 saturated heterocycles. The normalized spacial score (nSPS) is 14.7. The van der Waals surface area contributed by atoms with Gasteiger partial charge in [-0.2, -0.15) is 0 Å². The monoisotopic (exact) mass is 426 g/mol. The third-order valence-electron chi connectivity index (χ3n) is 2.85. The van der Waals surface area contributed by atoms with Gasteiger partial charge in [-0.05, 0) is 61.1 Å². The Morgan fingerprint density at radius 2 is 1.71 bits per heavy atom. The van der Waals surface area contributed by atoms with Crippen LogP contribution in [0.2, 0.25) is 0 Å². The van der Waals surface area contributed by atoms with Crippen molar-refractivity contribution in [3.63, 3.8) is 0 Å². The van der Waals surface area contributed by atoms with Crippen LogP contribution in [0.5, 0.6) is 0 Å². The number of hydrogen-bond donors (Lipinski definition) is 1. The van der Waals surface area contributed by atoms with Crippen molar-refractivity contribution in [3.8, 4) is 0 Å². The average Bonchev–Trinajstić information content (AvgIpc) is 2.39. The zero-order valence-corrected chi connectivity index (χ0v) is 15.4. The molecule has 0 aliphatic rings. The molecule has 0 heterocycles. The van der Waals surface area contributed by atoms with Gasteiger partial charge in [0.1, 0.15) is 5.78 Å². The molecule has 1 atom stereocenters. The number of Topliss-reactive ketones (excluding diaryl/α,β-unsaturated/α-hetero) is 1. The average molecular weight is 426 g/mol. The van der Waals surface area contributed by atoms with Crippen LogP contribution in [0.25, 0.3) is 0 Å². The van der Waals surface area contributed by atoms with Gasteiger partial charge in [-0.1, -0.05) is 12.1 Å². The number of aliphatic hydroxyl groups is 1. The van der Waals surface area contributed by atoms with E-state index in [9.17, 15) is 14.5 Å². The van der Waals surface area contributed by atoms with Gasteiger partial charge in [0.25, 0.3) is 0 Å². The van der Waals surface area contributed by atoms with Crippen molar-refractivity contribution in [3.05, 3.63) is 33.4 Å². The number of halogens is 1. The molecular formula is C14H20IO5P. The lowest BCUT2D eigenvalue weighted by atomic mass is 10.0. The fraction of sp³-hybridized carbons (Fsp3) is 0.500. The van der Waals surface area contributed by atoms with E-state index in [0.29, 0.717) is 5.56 Å². The molecule has 1 unspecified atom stereocenters. The highest BCUT2D eigenvalue weighted by molar-refractivity contribution is 14.1. The van der Waals surface area contributed by atoms with Gasteiger partial charge in [0.15, 0.2) is 5.34 Å². The zero-order valence-electron chi connectivity index (χ0n) is 12.3. The molecule has 0 saturated carbocycles. The molecule has 0 aliphatic heterocycles. The SMILES string of the molecule is CCOP(=O)(OCC)C(O)(CC(C)=O)c1ccc(I)cc1. The van der Waals surface area contributed by atoms with Gasteiger partial charge in [0.05, 0.1) is 19.6 Å². The molecule has 7 heteroatoms. The fourth-order valence-corrected chi connectivity index (χ4v) is 4.43. The van der Waals surface area contributed by atoms with Crippen molar-refractivity contribution < 1.29 is 23.5 Å². The third kappa shape index (κ3) is 4.36. The number of ketones is 1. The van der Waals surface area contributed by atoms with Crippen LogP contribution < -0.4 is 0 Å². The van der Waals surface area contributed by atoms with E-state index in [2.05, 4.69) is 22.6 Å². The lowest BCUT2D eigenvalue weighted by molar-refractivity contribution is -0.120. The summed E-state index contributed by atoms with van der Waals surface area (Å²) in [6, 6.07) is 6.80. The second-order valence-electron chi connectivity index (χ2n) is 4.54. The number of hydrogen-bond acceptors (Lipinski definition) is 5. The van der Waals surface area contributed by atoms with Crippen LogP contribution in [0.1, 0.15) is 32.8 Å². The first-order valence-electron chi connectivity index (χ1n) is 6.66. The summed E-state index contributed by atoms with van der Waals surface area (Å²) in [5.41, 5.74) is 0.350. The highest BCUT2D eigenvalue weighted by atomic mass is 127. The van der Waals surface area contributed by atoms with Crippen molar-refractivity contribution in [1.82, 2.24) is 0 Å². The van der Waals surface area contributed by atoms with Crippen LogP contribution in [-0.4, -0.2) is 24.1 Å². The van der Waals surface area contributed by atoms with Gasteiger partial charge >= 0.3 is 7.60 Å². The number of rotatable bonds is 8. The first-order valence-corrected chi connectivity index (χ1v) is 9.28. The fourth-order valence-electron chi connectivity index (χ4n) is 2.01. The Labute approximate surface area is 138 Å². The molecule has 0 spiro atoms. The molecule has 0 bridgehead atoms. The number of carbonyl (C=O) groups excluding carboxylic acids is 1. The van der Waals surface area contributed by atoms with Crippen molar-refractivity contribution in [2.24, 2.45) is 0 Å². The van der Waals surface area contributed by atoms with Crippen LogP contribution in [0, 0.1) is 3.57 Å². The van der Waals surface area contributed by atoms with E-state index >= 15 is 0 Å². The van der Waals surface area contributed by atoms with Crippen LogP contribution in [-0.2, 0) is 23.7 Å². The summed E-state index contributed by atoms with van der Waals surface area (Å²) in [5, 5.41) is 9.01. The molecule has 0 aliphatic carbocycles. The Bertz CT molecular complexity index is 521. The maximum atomic E-state index is 13.0. The Balaban J connectivity index is 3.39. The van der Waals surface area contributed by atoms with Crippen LogP contribution in [0.4, 0.5) is 0 Å². The summed E-state index contributed by atoms with van der Waals surface area (Å²) < 4.78 is 24.5. The van der Waals surface area contributed by atoms with Gasteiger partial charge in [0.2, 0.25) is 0 Å². The molecule has 0 amide bonds. The predicted molar refractivity (Wildman–Crippen MR) is 89.2 cm³/mol. The molecule has 1 rings (SSSR count). The Morgan fingerprint density at radius 3 is 2.10 bits per heavy atom. The molecule has 0 fully saturated rings. The Morgan fingerprint density at radius 1 is 1.24 bits per heavy atom. The van der Waals surface area contributed by atoms with E-state index < -0.39 is 12.9 Å². The van der Waals surface area contributed by atoms with Crippen molar-refractivity contribution >= 4 is 36.0 Å². The number of benzene rings is 1. The van der Waals surface area contributed by atoms with Crippen LogP contribution in [0.15, 0.2) is 24.3 Å². The van der Waals surface area contributed by atoms with E-state index in [4.69, 9.17) is 9.05 Å². The van der Waals surface area contributed by atoms with E-state index in [1.807, 2.05) is 0 Å². The summed E-state index contributed by atoms with van der Waals surface area (Å²) in [6.07, 6.45) is -0.329. The van der Waals surface area contributed by atoms with E-state index in [0.717, 1.165) is 3.57 Å². The standard InChI is InChI=1S/C14H20IO5P/c1-4-19-21(18,20-5-2)14(17,10-11(3)16)12-6-8-13(15)9-7-12/h6-9,17H,4-5,10H2,1-3H3. The highest BCUT2D eigenvalue weighted by Gasteiger charge is 2.51. The van der Waals surface area contributed by atoms with Crippen molar-refractivity contribution in [2.75, 3.05) is 13.2 Å². The summed E-state index contributed by atoms with van der Waals surface area (Å²) in [6.45, 7) is 4.88.